The third kappa shape index (κ3) is 4.99. The Kier molecular flexibility index (Phi) is 6.18. The van der Waals surface area contributed by atoms with Gasteiger partial charge in [-0.3, -0.25) is 0 Å². The van der Waals surface area contributed by atoms with Crippen molar-refractivity contribution in [2.24, 2.45) is 0 Å². The zero-order chi connectivity index (χ0) is 9.03. The van der Waals surface area contributed by atoms with Crippen molar-refractivity contribution in [3.05, 3.63) is 0 Å². The number of nitrogens with zero attached hydrogens (tertiary/aromatic N) is 1. The van der Waals surface area contributed by atoms with E-state index in [1.807, 2.05) is 0 Å². The van der Waals surface area contributed by atoms with E-state index in [4.69, 9.17) is 11.6 Å². The molecule has 1 heterocycles. The van der Waals surface area contributed by atoms with Crippen molar-refractivity contribution in [1.82, 2.24) is 4.90 Å². The van der Waals surface area contributed by atoms with Gasteiger partial charge in [0, 0.05) is 31.8 Å². The highest BCUT2D eigenvalue weighted by atomic mass is 35.5. The summed E-state index contributed by atoms with van der Waals surface area (Å²) in [7, 11) is 0. The minimum Gasteiger partial charge on any atom is -0.303 e. The predicted octanol–water partition coefficient (Wildman–Crippen LogP) is 2.77. The molecule has 0 aromatic rings. The molecule has 0 atom stereocenters. The molecular weight excluding hydrogens is 219 g/mol. The zero-order valence-electron chi connectivity index (χ0n) is 7.44. The maximum absolute atomic E-state index is 12.6. The van der Waals surface area contributed by atoms with Crippen LogP contribution in [0.1, 0.15) is 19.3 Å². The molecule has 0 N–H and O–H groups in total. The fourth-order valence-corrected chi connectivity index (χ4v) is 1.51. The molecule has 0 spiro atoms. The summed E-state index contributed by atoms with van der Waals surface area (Å²) >= 11 is 5.50. The fourth-order valence-electron chi connectivity index (χ4n) is 1.39. The van der Waals surface area contributed by atoms with Gasteiger partial charge in [-0.2, -0.15) is 0 Å². The molecule has 13 heavy (non-hydrogen) atoms. The average molecular weight is 234 g/mol. The monoisotopic (exact) mass is 233 g/mol. The maximum atomic E-state index is 12.6. The second-order valence-electron chi connectivity index (χ2n) is 3.24. The normalized spacial score (nSPS) is 22.4. The Morgan fingerprint density at radius 3 is 2.23 bits per heavy atom. The first-order valence-corrected chi connectivity index (χ1v) is 4.84. The first-order chi connectivity index (χ1) is 5.64. The molecule has 0 aromatic carbocycles. The number of rotatable bonds is 3. The Balaban J connectivity index is 0.00000144. The number of likely N-dealkylation sites (tertiary alicyclic amines) is 1. The Morgan fingerprint density at radius 2 is 1.77 bits per heavy atom. The summed E-state index contributed by atoms with van der Waals surface area (Å²) in [5.74, 6) is -1.80. The molecule has 1 aliphatic rings. The van der Waals surface area contributed by atoms with E-state index in [1.54, 1.807) is 0 Å². The zero-order valence-corrected chi connectivity index (χ0v) is 9.01. The Morgan fingerprint density at radius 1 is 1.23 bits per heavy atom. The van der Waals surface area contributed by atoms with Crippen molar-refractivity contribution < 1.29 is 8.78 Å². The van der Waals surface area contributed by atoms with E-state index in [2.05, 4.69) is 4.90 Å². The summed E-state index contributed by atoms with van der Waals surface area (Å²) in [6, 6.07) is 0. The van der Waals surface area contributed by atoms with E-state index in [-0.39, 0.29) is 25.2 Å². The molecule has 5 heteroatoms. The van der Waals surface area contributed by atoms with Crippen LogP contribution in [0.5, 0.6) is 0 Å². The van der Waals surface area contributed by atoms with E-state index in [1.165, 1.54) is 0 Å². The smallest absolute Gasteiger partial charge is 0.250 e. The molecule has 80 valence electrons. The van der Waals surface area contributed by atoms with E-state index >= 15 is 0 Å². The van der Waals surface area contributed by atoms with Crippen LogP contribution in [0.25, 0.3) is 0 Å². The van der Waals surface area contributed by atoms with Gasteiger partial charge >= 0.3 is 0 Å². The molecule has 0 amide bonds. The molecule has 1 fully saturated rings. The molecule has 0 aromatic heterocycles. The molecule has 0 radical (unpaired) electrons. The lowest BCUT2D eigenvalue weighted by Crippen LogP contribution is -2.39. The number of hydrogen-bond donors (Lipinski definition) is 0. The summed E-state index contributed by atoms with van der Waals surface area (Å²) in [6.45, 7) is 1.90. The summed E-state index contributed by atoms with van der Waals surface area (Å²) in [4.78, 5) is 2.06. The Labute approximate surface area is 88.8 Å². The topological polar surface area (TPSA) is 3.24 Å². The van der Waals surface area contributed by atoms with Crippen LogP contribution in [0.15, 0.2) is 0 Å². The van der Waals surface area contributed by atoms with Gasteiger partial charge in [-0.05, 0) is 13.0 Å². The van der Waals surface area contributed by atoms with Crippen LogP contribution >= 0.6 is 24.0 Å². The van der Waals surface area contributed by atoms with Gasteiger partial charge in [0.2, 0.25) is 0 Å². The maximum Gasteiger partial charge on any atom is 0.250 e. The number of piperidine rings is 1. The van der Waals surface area contributed by atoms with Gasteiger partial charge in [0.05, 0.1) is 0 Å². The Hall–Kier alpha value is 0.400. The van der Waals surface area contributed by atoms with Crippen LogP contribution in [0.2, 0.25) is 0 Å². The minimum absolute atomic E-state index is 0. The molecule has 1 aliphatic heterocycles. The molecule has 0 bridgehead atoms. The van der Waals surface area contributed by atoms with Crippen LogP contribution in [0.4, 0.5) is 8.78 Å². The molecule has 0 saturated carbocycles. The van der Waals surface area contributed by atoms with Gasteiger partial charge in [-0.15, -0.1) is 24.0 Å². The van der Waals surface area contributed by atoms with Crippen LogP contribution in [-0.4, -0.2) is 36.3 Å². The molecule has 0 aliphatic carbocycles. The quantitative estimate of drug-likeness (QED) is 0.678. The van der Waals surface area contributed by atoms with Crippen molar-refractivity contribution in [3.8, 4) is 0 Å². The first-order valence-electron chi connectivity index (χ1n) is 4.30. The predicted molar refractivity (Wildman–Crippen MR) is 53.2 cm³/mol. The number of hydrogen-bond acceptors (Lipinski definition) is 1. The summed E-state index contributed by atoms with van der Waals surface area (Å²) in [6.07, 6.45) is 0.914. The van der Waals surface area contributed by atoms with Gasteiger partial charge in [0.1, 0.15) is 0 Å². The molecule has 1 rings (SSSR count). The van der Waals surface area contributed by atoms with E-state index in [9.17, 15) is 8.78 Å². The highest BCUT2D eigenvalue weighted by molar-refractivity contribution is 6.17. The first kappa shape index (κ1) is 13.4. The Bertz CT molecular complexity index is 134. The van der Waals surface area contributed by atoms with Crippen LogP contribution in [0, 0.1) is 0 Å². The van der Waals surface area contributed by atoms with Crippen LogP contribution in [0.3, 0.4) is 0 Å². The summed E-state index contributed by atoms with van der Waals surface area (Å²) < 4.78 is 25.3. The molecular formula is C8H15Cl2F2N. The minimum atomic E-state index is -2.42. The second-order valence-corrected chi connectivity index (χ2v) is 3.62. The lowest BCUT2D eigenvalue weighted by atomic mass is 10.1. The lowest BCUT2D eigenvalue weighted by molar-refractivity contribution is -0.0549. The third-order valence-electron chi connectivity index (χ3n) is 2.20. The van der Waals surface area contributed by atoms with Crippen LogP contribution < -0.4 is 0 Å². The van der Waals surface area contributed by atoms with E-state index in [0.717, 1.165) is 13.0 Å². The van der Waals surface area contributed by atoms with Gasteiger partial charge in [0.25, 0.3) is 5.92 Å². The molecule has 1 saturated heterocycles. The highest BCUT2D eigenvalue weighted by Gasteiger charge is 2.33. The largest absolute Gasteiger partial charge is 0.303 e. The SMILES string of the molecule is Cl.FC1(F)CCN(CCCCl)CC1. The van der Waals surface area contributed by atoms with Gasteiger partial charge in [-0.1, -0.05) is 0 Å². The average Bonchev–Trinajstić information content (AvgIpc) is 2.03. The van der Waals surface area contributed by atoms with Gasteiger partial charge in [-0.25, -0.2) is 8.78 Å². The van der Waals surface area contributed by atoms with Crippen molar-refractivity contribution in [2.45, 2.75) is 25.2 Å². The van der Waals surface area contributed by atoms with Gasteiger partial charge in [0.15, 0.2) is 0 Å². The van der Waals surface area contributed by atoms with Crippen molar-refractivity contribution in [1.29, 1.82) is 0 Å². The number of alkyl halides is 3. The van der Waals surface area contributed by atoms with Crippen LogP contribution in [-0.2, 0) is 0 Å². The van der Waals surface area contributed by atoms with Crippen molar-refractivity contribution in [2.75, 3.05) is 25.5 Å². The van der Waals surface area contributed by atoms with Gasteiger partial charge < -0.3 is 4.90 Å². The second kappa shape index (κ2) is 5.99. The fraction of sp³-hybridized carbons (Fsp3) is 1.00. The summed E-state index contributed by atoms with van der Waals surface area (Å²) in [5.41, 5.74) is 0. The molecule has 1 nitrogen and oxygen atoms in total. The summed E-state index contributed by atoms with van der Waals surface area (Å²) in [5, 5.41) is 0. The highest BCUT2D eigenvalue weighted by Crippen LogP contribution is 2.27. The number of halogens is 4. The van der Waals surface area contributed by atoms with E-state index < -0.39 is 5.92 Å². The van der Waals surface area contributed by atoms with E-state index in [0.29, 0.717) is 19.0 Å². The third-order valence-corrected chi connectivity index (χ3v) is 2.46. The standard InChI is InChI=1S/C8H14ClF2N.ClH/c9-4-1-5-12-6-2-8(10,11)3-7-12;/h1-7H2;1H. The molecule has 0 unspecified atom stereocenters. The van der Waals surface area contributed by atoms with Crippen molar-refractivity contribution >= 4 is 24.0 Å². The lowest BCUT2D eigenvalue weighted by Gasteiger charge is -2.31. The van der Waals surface area contributed by atoms with Crippen molar-refractivity contribution in [3.63, 3.8) is 0 Å².